The van der Waals surface area contributed by atoms with Crippen molar-refractivity contribution in [2.45, 2.75) is 42.9 Å². The van der Waals surface area contributed by atoms with Gasteiger partial charge in [-0.1, -0.05) is 42.6 Å². The van der Waals surface area contributed by atoms with Gasteiger partial charge in [-0.05, 0) is 54.5 Å². The number of para-hydroxylation sites is 2. The van der Waals surface area contributed by atoms with Gasteiger partial charge in [0.1, 0.15) is 0 Å². The zero-order valence-electron chi connectivity index (χ0n) is 16.7. The largest absolute Gasteiger partial charge is 0.324 e. The highest BCUT2D eigenvalue weighted by molar-refractivity contribution is 7.90. The molecule has 1 aliphatic rings. The number of aromatic amines is 1. The minimum Gasteiger partial charge on any atom is -0.324 e. The highest BCUT2D eigenvalue weighted by atomic mass is 35.5. The molecule has 0 aliphatic heterocycles. The van der Waals surface area contributed by atoms with E-state index in [4.69, 9.17) is 11.6 Å². The van der Waals surface area contributed by atoms with Crippen LogP contribution >= 0.6 is 11.6 Å². The molecule has 0 spiro atoms. The Morgan fingerprint density at radius 2 is 1.97 bits per heavy atom. The minimum atomic E-state index is -3.40. The van der Waals surface area contributed by atoms with Crippen LogP contribution in [0, 0.1) is 5.92 Å². The lowest BCUT2D eigenvalue weighted by atomic mass is 9.82. The van der Waals surface area contributed by atoms with E-state index in [9.17, 15) is 13.2 Å². The lowest BCUT2D eigenvalue weighted by Crippen LogP contribution is -2.20. The molecule has 8 heteroatoms. The third kappa shape index (κ3) is 4.52. The van der Waals surface area contributed by atoms with Crippen molar-refractivity contribution in [3.63, 3.8) is 0 Å². The van der Waals surface area contributed by atoms with Crippen LogP contribution in [0.5, 0.6) is 0 Å². The normalized spacial score (nSPS) is 16.1. The first kappa shape index (κ1) is 20.9. The number of halogens is 1. The third-order valence-electron chi connectivity index (χ3n) is 5.80. The van der Waals surface area contributed by atoms with Crippen molar-refractivity contribution in [2.24, 2.45) is 5.92 Å². The van der Waals surface area contributed by atoms with Crippen LogP contribution in [0.4, 0.5) is 5.95 Å². The highest BCUT2D eigenvalue weighted by Crippen LogP contribution is 2.41. The molecule has 1 aromatic heterocycles. The van der Waals surface area contributed by atoms with Crippen molar-refractivity contribution in [1.29, 1.82) is 0 Å². The Kier molecular flexibility index (Phi) is 5.84. The Bertz CT molecular complexity index is 1150. The molecule has 1 atom stereocenters. The van der Waals surface area contributed by atoms with Crippen molar-refractivity contribution in [2.75, 3.05) is 11.6 Å². The molecule has 0 bridgehead atoms. The number of carbonyl (C=O) groups excluding carboxylic acids is 1. The summed E-state index contributed by atoms with van der Waals surface area (Å²) in [4.78, 5) is 20.5. The molecule has 2 aromatic carbocycles. The Balaban J connectivity index is 1.56. The molecule has 0 radical (unpaired) electrons. The number of imidazole rings is 1. The molecule has 1 amide bonds. The summed E-state index contributed by atoms with van der Waals surface area (Å²) in [5.41, 5.74) is 2.56. The number of hydrogen-bond acceptors (Lipinski definition) is 4. The van der Waals surface area contributed by atoms with E-state index in [1.807, 2.05) is 24.3 Å². The van der Waals surface area contributed by atoms with Gasteiger partial charge in [-0.25, -0.2) is 13.4 Å². The van der Waals surface area contributed by atoms with Crippen LogP contribution in [0.3, 0.4) is 0 Å². The van der Waals surface area contributed by atoms with E-state index < -0.39 is 9.84 Å². The summed E-state index contributed by atoms with van der Waals surface area (Å²) >= 11 is 6.28. The van der Waals surface area contributed by atoms with E-state index in [0.717, 1.165) is 48.5 Å². The van der Waals surface area contributed by atoms with Gasteiger partial charge in [-0.3, -0.25) is 10.1 Å². The highest BCUT2D eigenvalue weighted by Gasteiger charge is 2.29. The number of nitrogens with one attached hydrogen (secondary N) is 2. The number of nitrogens with zero attached hydrogens (tertiary/aromatic N) is 1. The second-order valence-corrected chi connectivity index (χ2v) is 10.4. The van der Waals surface area contributed by atoms with Gasteiger partial charge in [-0.2, -0.15) is 0 Å². The summed E-state index contributed by atoms with van der Waals surface area (Å²) in [5.74, 6) is 0.639. The number of anilines is 1. The molecule has 4 rings (SSSR count). The molecule has 1 aliphatic carbocycles. The molecule has 0 saturated heterocycles. The number of benzene rings is 2. The van der Waals surface area contributed by atoms with Crippen LogP contribution in [-0.4, -0.2) is 30.5 Å². The van der Waals surface area contributed by atoms with E-state index in [0.29, 0.717) is 11.9 Å². The van der Waals surface area contributed by atoms with Gasteiger partial charge >= 0.3 is 0 Å². The number of amides is 1. The topological polar surface area (TPSA) is 91.9 Å². The maximum absolute atomic E-state index is 12.8. The van der Waals surface area contributed by atoms with Crippen LogP contribution in [0.2, 0.25) is 5.02 Å². The van der Waals surface area contributed by atoms with Crippen molar-refractivity contribution in [1.82, 2.24) is 9.97 Å². The average molecular weight is 446 g/mol. The second-order valence-electron chi connectivity index (χ2n) is 7.97. The van der Waals surface area contributed by atoms with Crippen LogP contribution in [0.15, 0.2) is 47.4 Å². The lowest BCUT2D eigenvalue weighted by molar-refractivity contribution is -0.116. The maximum atomic E-state index is 12.8. The summed E-state index contributed by atoms with van der Waals surface area (Å²) in [7, 11) is -3.40. The number of hydrogen-bond donors (Lipinski definition) is 2. The fourth-order valence-corrected chi connectivity index (χ4v) is 5.70. The zero-order chi connectivity index (χ0) is 21.3. The van der Waals surface area contributed by atoms with Gasteiger partial charge < -0.3 is 4.98 Å². The number of carbonyl (C=O) groups is 1. The fourth-order valence-electron chi connectivity index (χ4n) is 4.36. The Hall–Kier alpha value is -2.38. The first-order valence-electron chi connectivity index (χ1n) is 10.1. The van der Waals surface area contributed by atoms with Crippen LogP contribution in [0.1, 0.15) is 43.6 Å². The van der Waals surface area contributed by atoms with Gasteiger partial charge in [0.05, 0.1) is 21.0 Å². The molecule has 0 unspecified atom stereocenters. The van der Waals surface area contributed by atoms with Crippen LogP contribution < -0.4 is 5.32 Å². The maximum Gasteiger partial charge on any atom is 0.227 e. The summed E-state index contributed by atoms with van der Waals surface area (Å²) in [6, 6.07) is 12.6. The predicted molar refractivity (Wildman–Crippen MR) is 119 cm³/mol. The van der Waals surface area contributed by atoms with E-state index in [-0.39, 0.29) is 28.2 Å². The Morgan fingerprint density at radius 3 is 2.63 bits per heavy atom. The van der Waals surface area contributed by atoms with Gasteiger partial charge in [-0.15, -0.1) is 0 Å². The summed E-state index contributed by atoms with van der Waals surface area (Å²) < 4.78 is 23.8. The molecular weight excluding hydrogens is 422 g/mol. The van der Waals surface area contributed by atoms with E-state index in [1.165, 1.54) is 0 Å². The van der Waals surface area contributed by atoms with Gasteiger partial charge in [0.15, 0.2) is 9.84 Å². The van der Waals surface area contributed by atoms with Crippen LogP contribution in [0.25, 0.3) is 11.0 Å². The van der Waals surface area contributed by atoms with Crippen molar-refractivity contribution in [3.8, 4) is 0 Å². The summed E-state index contributed by atoms with van der Waals surface area (Å²) in [5, 5.41) is 3.08. The molecule has 6 nitrogen and oxygen atoms in total. The van der Waals surface area contributed by atoms with Crippen molar-refractivity contribution >= 4 is 44.3 Å². The fraction of sp³-hybridized carbons (Fsp3) is 0.364. The monoisotopic (exact) mass is 445 g/mol. The van der Waals surface area contributed by atoms with Gasteiger partial charge in [0.25, 0.3) is 0 Å². The SMILES string of the molecule is CS(=O)(=O)c1ccc([C@H](CC(=O)Nc2nc3ccccc3[nH]2)C2CCCC2)cc1Cl. The molecule has 1 fully saturated rings. The van der Waals surface area contributed by atoms with Crippen LogP contribution in [-0.2, 0) is 14.6 Å². The molecule has 1 saturated carbocycles. The first-order chi connectivity index (χ1) is 14.3. The average Bonchev–Trinajstić information content (AvgIpc) is 3.34. The number of fused-ring (bicyclic) bond motifs is 1. The smallest absolute Gasteiger partial charge is 0.227 e. The van der Waals surface area contributed by atoms with Gasteiger partial charge in [0.2, 0.25) is 11.9 Å². The molecule has 2 N–H and O–H groups in total. The minimum absolute atomic E-state index is 0.0250. The Labute approximate surface area is 181 Å². The van der Waals surface area contributed by atoms with Crippen molar-refractivity contribution in [3.05, 3.63) is 53.1 Å². The predicted octanol–water partition coefficient (Wildman–Crippen LogP) is 4.92. The standard InChI is InChI=1S/C22H24ClN3O3S/c1-30(28,29)20-11-10-15(12-17(20)23)16(14-6-2-3-7-14)13-21(27)26-22-24-18-8-4-5-9-19(18)25-22/h4-5,8-12,14,16H,2-3,6-7,13H2,1H3,(H2,24,25,26,27)/t16-/m1/s1. The molecular formula is C22H24ClN3O3S. The van der Waals surface area contributed by atoms with E-state index in [1.54, 1.807) is 18.2 Å². The molecule has 30 heavy (non-hydrogen) atoms. The number of sulfone groups is 1. The lowest BCUT2D eigenvalue weighted by Gasteiger charge is -2.24. The summed E-state index contributed by atoms with van der Waals surface area (Å²) in [6.07, 6.45) is 5.81. The van der Waals surface area contributed by atoms with Crippen molar-refractivity contribution < 1.29 is 13.2 Å². The van der Waals surface area contributed by atoms with E-state index in [2.05, 4.69) is 15.3 Å². The second kappa shape index (κ2) is 8.40. The molecule has 3 aromatic rings. The zero-order valence-corrected chi connectivity index (χ0v) is 18.3. The molecule has 158 valence electrons. The number of H-pyrrole nitrogens is 1. The Morgan fingerprint density at radius 1 is 1.23 bits per heavy atom. The van der Waals surface area contributed by atoms with E-state index >= 15 is 0 Å². The third-order valence-corrected chi connectivity index (χ3v) is 7.38. The first-order valence-corrected chi connectivity index (χ1v) is 12.3. The number of aromatic nitrogens is 2. The van der Waals surface area contributed by atoms with Gasteiger partial charge in [0, 0.05) is 12.7 Å². The quantitative estimate of drug-likeness (QED) is 0.563. The number of rotatable bonds is 6. The molecule has 1 heterocycles. The summed E-state index contributed by atoms with van der Waals surface area (Å²) in [6.45, 7) is 0.